The number of carbonyl (C=O) groups excluding carboxylic acids is 1. The number of hydrogen-bond donors (Lipinski definition) is 2. The van der Waals surface area contributed by atoms with E-state index in [0.717, 1.165) is 106 Å². The molecule has 8 bridgehead atoms. The Hall–Kier alpha value is -6.56. The molecule has 0 saturated heterocycles. The first-order valence-electron chi connectivity index (χ1n) is 24.3. The molecule has 0 unspecified atom stereocenters. The molecule has 6 heteroatoms. The number of nitrogens with zero attached hydrogens (tertiary/aromatic N) is 2. The van der Waals surface area contributed by atoms with Crippen molar-refractivity contribution in [1.82, 2.24) is 19.9 Å². The number of aromatic amines is 2. The summed E-state index contributed by atoms with van der Waals surface area (Å²) in [7, 11) is 0. The van der Waals surface area contributed by atoms with Crippen molar-refractivity contribution in [3.63, 3.8) is 0 Å². The van der Waals surface area contributed by atoms with Crippen molar-refractivity contribution in [2.24, 2.45) is 0 Å². The second-order valence-corrected chi connectivity index (χ2v) is 23.5. The van der Waals surface area contributed by atoms with E-state index < -0.39 is 5.24 Å². The van der Waals surface area contributed by atoms with Crippen LogP contribution in [0.1, 0.15) is 139 Å². The Kier molecular flexibility index (Phi) is 12.0. The molecule has 7 aromatic rings. The van der Waals surface area contributed by atoms with E-state index in [1.807, 2.05) is 0 Å². The van der Waals surface area contributed by atoms with Crippen molar-refractivity contribution in [3.8, 4) is 44.5 Å². The lowest BCUT2D eigenvalue weighted by atomic mass is 9.82. The zero-order valence-electron chi connectivity index (χ0n) is 42.6. The number of nitrogens with one attached hydrogen (secondary N) is 2. The van der Waals surface area contributed by atoms with Crippen LogP contribution in [-0.2, 0) is 32.9 Å². The number of halogens is 1. The lowest BCUT2D eigenvalue weighted by Crippen LogP contribution is -2.13. The van der Waals surface area contributed by atoms with Crippen LogP contribution >= 0.6 is 11.6 Å². The molecule has 0 spiro atoms. The number of fused-ring (bicyclic) bond motifs is 8. The van der Waals surface area contributed by atoms with E-state index in [9.17, 15) is 4.79 Å². The van der Waals surface area contributed by atoms with Gasteiger partial charge in [0, 0.05) is 50.7 Å². The van der Waals surface area contributed by atoms with Gasteiger partial charge in [0.15, 0.2) is 0 Å². The first kappa shape index (κ1) is 47.5. The summed E-state index contributed by atoms with van der Waals surface area (Å²) in [5.74, 6) is 0. The molecular formula is C63H65ClN4O. The van der Waals surface area contributed by atoms with Crippen LogP contribution < -0.4 is 0 Å². The van der Waals surface area contributed by atoms with Gasteiger partial charge in [0.1, 0.15) is 0 Å². The maximum atomic E-state index is 13.0. The van der Waals surface area contributed by atoms with Gasteiger partial charge in [-0.05, 0) is 144 Å². The number of carbonyl (C=O) groups is 1. The van der Waals surface area contributed by atoms with E-state index in [1.165, 1.54) is 16.7 Å². The molecule has 0 fully saturated rings. The Bertz CT molecular complexity index is 3230. The SMILES string of the molecule is Cc1cc(C(C)(C)C)cc(CC(=O)Cl)c1-c1c2ccc([nH]2)c(-c2ccc(C(C)(C)C)cc2)c2nc(c(-c3ccc(C(C)(C)C)cc3)c3nc(c(-c4ccc(C(C)(C)C)cc4)c4ccc1[nH]4)C=C3)C=C2. The van der Waals surface area contributed by atoms with Crippen molar-refractivity contribution in [2.45, 2.75) is 118 Å². The van der Waals surface area contributed by atoms with Crippen LogP contribution in [0.4, 0.5) is 0 Å². The van der Waals surface area contributed by atoms with Crippen LogP contribution in [0.15, 0.2) is 109 Å². The molecule has 4 aromatic carbocycles. The number of H-pyrrole nitrogens is 2. The number of benzene rings is 4. The van der Waals surface area contributed by atoms with Gasteiger partial charge in [-0.25, -0.2) is 9.97 Å². The fraction of sp³-hybridized carbons (Fsp3) is 0.286. The Morgan fingerprint density at radius 2 is 0.739 bits per heavy atom. The molecule has 3 aromatic heterocycles. The third kappa shape index (κ3) is 9.47. The van der Waals surface area contributed by atoms with E-state index in [0.29, 0.717) is 0 Å². The van der Waals surface area contributed by atoms with E-state index in [2.05, 4.69) is 233 Å². The summed E-state index contributed by atoms with van der Waals surface area (Å²) < 4.78 is 0. The molecular weight excluding hydrogens is 864 g/mol. The van der Waals surface area contributed by atoms with Crippen molar-refractivity contribution >= 4 is 63.2 Å². The lowest BCUT2D eigenvalue weighted by Gasteiger charge is -2.23. The normalized spacial score (nSPS) is 13.1. The summed E-state index contributed by atoms with van der Waals surface area (Å²) in [6, 6.07) is 39.8. The Balaban J connectivity index is 1.46. The van der Waals surface area contributed by atoms with Crippen LogP contribution in [0.3, 0.4) is 0 Å². The molecule has 0 aliphatic carbocycles. The summed E-state index contributed by atoms with van der Waals surface area (Å²) in [4.78, 5) is 32.0. The molecule has 0 amide bonds. The number of hydrogen-bond acceptors (Lipinski definition) is 3. The number of aromatic nitrogens is 4. The minimum atomic E-state index is -0.406. The van der Waals surface area contributed by atoms with Crippen LogP contribution in [0.25, 0.3) is 90.9 Å². The van der Waals surface area contributed by atoms with Gasteiger partial charge in [-0.15, -0.1) is 0 Å². The van der Waals surface area contributed by atoms with E-state index in [4.69, 9.17) is 21.6 Å². The predicted octanol–water partition coefficient (Wildman–Crippen LogP) is 17.1. The second-order valence-electron chi connectivity index (χ2n) is 23.1. The zero-order valence-corrected chi connectivity index (χ0v) is 43.3. The second kappa shape index (κ2) is 17.4. The quantitative estimate of drug-likeness (QED) is 0.163. The van der Waals surface area contributed by atoms with Crippen LogP contribution in [0.2, 0.25) is 0 Å². The summed E-state index contributed by atoms with van der Waals surface area (Å²) in [5, 5.41) is -0.406. The summed E-state index contributed by atoms with van der Waals surface area (Å²) in [6.07, 6.45) is 8.65. The Morgan fingerprint density at radius 1 is 0.420 bits per heavy atom. The largest absolute Gasteiger partial charge is 0.354 e. The minimum absolute atomic E-state index is 0.00130. The summed E-state index contributed by atoms with van der Waals surface area (Å²) in [6.45, 7) is 28.9. The predicted molar refractivity (Wildman–Crippen MR) is 295 cm³/mol. The van der Waals surface area contributed by atoms with E-state index in [-0.39, 0.29) is 28.1 Å². The van der Waals surface area contributed by atoms with Gasteiger partial charge < -0.3 is 9.97 Å². The monoisotopic (exact) mass is 928 g/mol. The van der Waals surface area contributed by atoms with Crippen molar-refractivity contribution in [2.75, 3.05) is 0 Å². The highest BCUT2D eigenvalue weighted by Crippen LogP contribution is 2.42. The number of rotatable bonds is 6. The molecule has 69 heavy (non-hydrogen) atoms. The first-order chi connectivity index (χ1) is 32.4. The lowest BCUT2D eigenvalue weighted by molar-refractivity contribution is -0.111. The molecule has 2 aliphatic heterocycles. The topological polar surface area (TPSA) is 74.4 Å². The van der Waals surface area contributed by atoms with Crippen LogP contribution in [-0.4, -0.2) is 25.2 Å². The molecule has 0 saturated carbocycles. The van der Waals surface area contributed by atoms with Crippen molar-refractivity contribution < 1.29 is 4.79 Å². The zero-order chi connectivity index (χ0) is 49.4. The summed E-state index contributed by atoms with van der Waals surface area (Å²) in [5.41, 5.74) is 21.7. The van der Waals surface area contributed by atoms with Crippen LogP contribution in [0, 0.1) is 6.92 Å². The third-order valence-corrected chi connectivity index (χ3v) is 13.9. The van der Waals surface area contributed by atoms with Crippen LogP contribution in [0.5, 0.6) is 0 Å². The average Bonchev–Trinajstić information content (AvgIpc) is 4.12. The standard InChI is InChI=1S/C63H65ClN4O/c1-37-34-45(63(11,12)13)35-41(36-54(64)69)55(37)59-52-32-30-50(67-52)57(39-16-22-43(23-17-39)61(5,6)7)48-28-26-46(65-48)56(38-14-20-42(21-15-38)60(2,3)4)47-27-29-49(66-47)58(51-31-33-53(59)68-51)40-18-24-44(25-19-40)62(8,9)10/h14-35,67-68H,36H2,1-13H3. The van der Waals surface area contributed by atoms with Gasteiger partial charge in [0.25, 0.3) is 0 Å². The highest BCUT2D eigenvalue weighted by atomic mass is 35.5. The Morgan fingerprint density at radius 3 is 1.07 bits per heavy atom. The Labute approximate surface area is 413 Å². The molecule has 5 nitrogen and oxygen atoms in total. The smallest absolute Gasteiger partial charge is 0.226 e. The van der Waals surface area contributed by atoms with Gasteiger partial charge in [0.2, 0.25) is 5.24 Å². The van der Waals surface area contributed by atoms with Gasteiger partial charge >= 0.3 is 0 Å². The highest BCUT2D eigenvalue weighted by molar-refractivity contribution is 6.63. The maximum Gasteiger partial charge on any atom is 0.226 e. The van der Waals surface area contributed by atoms with Gasteiger partial charge in [-0.1, -0.05) is 168 Å². The van der Waals surface area contributed by atoms with Gasteiger partial charge in [0.05, 0.1) is 22.8 Å². The molecule has 0 radical (unpaired) electrons. The first-order valence-corrected chi connectivity index (χ1v) is 24.6. The van der Waals surface area contributed by atoms with E-state index >= 15 is 0 Å². The van der Waals surface area contributed by atoms with Crippen molar-refractivity contribution in [3.05, 3.63) is 165 Å². The third-order valence-electron chi connectivity index (χ3n) is 13.7. The fourth-order valence-electron chi connectivity index (χ4n) is 9.73. The molecule has 2 aliphatic rings. The van der Waals surface area contributed by atoms with Gasteiger partial charge in [-0.3, -0.25) is 4.79 Å². The summed E-state index contributed by atoms with van der Waals surface area (Å²) >= 11 is 6.32. The van der Waals surface area contributed by atoms with E-state index in [1.54, 1.807) is 0 Å². The maximum absolute atomic E-state index is 13.0. The fourth-order valence-corrected chi connectivity index (χ4v) is 9.87. The number of aryl methyl sites for hydroxylation is 1. The molecule has 2 N–H and O–H groups in total. The highest BCUT2D eigenvalue weighted by Gasteiger charge is 2.25. The molecule has 9 rings (SSSR count). The molecule has 5 heterocycles. The minimum Gasteiger partial charge on any atom is -0.354 e. The average molecular weight is 930 g/mol. The van der Waals surface area contributed by atoms with Gasteiger partial charge in [-0.2, -0.15) is 0 Å². The molecule has 0 atom stereocenters. The molecule has 350 valence electrons. The van der Waals surface area contributed by atoms with Crippen molar-refractivity contribution in [1.29, 1.82) is 0 Å².